The van der Waals surface area contributed by atoms with Crippen LogP contribution in [0.1, 0.15) is 45.4 Å². The van der Waals surface area contributed by atoms with Gasteiger partial charge in [0.05, 0.1) is 13.6 Å². The summed E-state index contributed by atoms with van der Waals surface area (Å²) in [5.74, 6) is 0.864. The molecule has 0 bridgehead atoms. The van der Waals surface area contributed by atoms with Gasteiger partial charge < -0.3 is 19.4 Å². The highest BCUT2D eigenvalue weighted by atomic mass is 16.5. The molecule has 0 amide bonds. The summed E-state index contributed by atoms with van der Waals surface area (Å²) < 4.78 is 6.40. The number of ether oxygens (including phenoxy) is 1. The molecular formula is C19H34NO3+. The van der Waals surface area contributed by atoms with E-state index in [1.165, 1.54) is 32.1 Å². The smallest absolute Gasteiger partial charge is 0.202 e. The molecule has 1 unspecified atom stereocenters. The number of rotatable bonds is 13. The van der Waals surface area contributed by atoms with Gasteiger partial charge in [0, 0.05) is 0 Å². The molecule has 1 aromatic carbocycles. The molecule has 0 fully saturated rings. The molecule has 0 aliphatic rings. The molecule has 0 saturated heterocycles. The molecule has 4 nitrogen and oxygen atoms in total. The monoisotopic (exact) mass is 324 g/mol. The Kier molecular flexibility index (Phi) is 9.92. The van der Waals surface area contributed by atoms with E-state index in [0.29, 0.717) is 17.6 Å². The van der Waals surface area contributed by atoms with Crippen LogP contribution in [0.4, 0.5) is 0 Å². The molecule has 2 N–H and O–H groups in total. The third-order valence-electron chi connectivity index (χ3n) is 4.30. The Bertz CT molecular complexity index is 397. The first-order valence-corrected chi connectivity index (χ1v) is 8.93. The first kappa shape index (κ1) is 19.9. The molecule has 1 rings (SSSR count). The quantitative estimate of drug-likeness (QED) is 0.333. The highest BCUT2D eigenvalue weighted by Gasteiger charge is 2.24. The molecule has 0 aromatic heterocycles. The minimum absolute atomic E-state index is 0.354. The Morgan fingerprint density at radius 3 is 2.26 bits per heavy atom. The Balaban J connectivity index is 2.34. The van der Waals surface area contributed by atoms with Crippen molar-refractivity contribution < 1.29 is 19.4 Å². The molecule has 1 atom stereocenters. The standard InChI is InChI=1S/C19H34NO3/c1-3-4-5-6-7-11-14-20(2,17-19(21)22)15-16-23-18-12-9-8-10-13-18/h8-10,12-13,19,21-22H,3-7,11,14-17H2,1-2H3/q+1. The number of para-hydroxylation sites is 1. The predicted octanol–water partition coefficient (Wildman–Crippen LogP) is 3.18. The molecule has 1 aromatic rings. The maximum absolute atomic E-state index is 9.38. The van der Waals surface area contributed by atoms with E-state index in [1.54, 1.807) is 0 Å². The molecule has 4 heteroatoms. The highest BCUT2D eigenvalue weighted by molar-refractivity contribution is 5.20. The molecular weight excluding hydrogens is 290 g/mol. The second kappa shape index (κ2) is 11.4. The van der Waals surface area contributed by atoms with Crippen LogP contribution in [-0.4, -0.2) is 54.3 Å². The number of benzene rings is 1. The van der Waals surface area contributed by atoms with Gasteiger partial charge in [-0.1, -0.05) is 50.8 Å². The van der Waals surface area contributed by atoms with E-state index in [1.807, 2.05) is 30.3 Å². The number of hydrogen-bond acceptors (Lipinski definition) is 3. The zero-order valence-corrected chi connectivity index (χ0v) is 14.8. The van der Waals surface area contributed by atoms with Gasteiger partial charge in [-0.15, -0.1) is 0 Å². The Hall–Kier alpha value is -1.10. The summed E-state index contributed by atoms with van der Waals surface area (Å²) >= 11 is 0. The van der Waals surface area contributed by atoms with Gasteiger partial charge in [0.25, 0.3) is 0 Å². The highest BCUT2D eigenvalue weighted by Crippen LogP contribution is 2.13. The summed E-state index contributed by atoms with van der Waals surface area (Å²) in [5.41, 5.74) is 0. The fourth-order valence-electron chi connectivity index (χ4n) is 2.86. The van der Waals surface area contributed by atoms with Crippen LogP contribution in [0.5, 0.6) is 5.75 Å². The first-order chi connectivity index (χ1) is 11.1. The first-order valence-electron chi connectivity index (χ1n) is 8.93. The lowest BCUT2D eigenvalue weighted by Gasteiger charge is -2.35. The van der Waals surface area contributed by atoms with Gasteiger partial charge >= 0.3 is 0 Å². The number of unbranched alkanes of at least 4 members (excludes halogenated alkanes) is 5. The molecule has 23 heavy (non-hydrogen) atoms. The number of hydrogen-bond donors (Lipinski definition) is 2. The normalized spacial score (nSPS) is 14.0. The van der Waals surface area contributed by atoms with Crippen LogP contribution in [0.3, 0.4) is 0 Å². The van der Waals surface area contributed by atoms with Crippen molar-refractivity contribution in [2.45, 2.75) is 51.7 Å². The molecule has 0 radical (unpaired) electrons. The van der Waals surface area contributed by atoms with Crippen molar-refractivity contribution in [3.05, 3.63) is 30.3 Å². The van der Waals surface area contributed by atoms with Gasteiger partial charge in [-0.2, -0.15) is 0 Å². The maximum Gasteiger partial charge on any atom is 0.202 e. The van der Waals surface area contributed by atoms with Gasteiger partial charge in [-0.25, -0.2) is 0 Å². The third kappa shape index (κ3) is 9.59. The summed E-state index contributed by atoms with van der Waals surface area (Å²) in [6.45, 7) is 4.91. The Morgan fingerprint density at radius 1 is 0.957 bits per heavy atom. The van der Waals surface area contributed by atoms with Gasteiger partial charge in [0.1, 0.15) is 25.4 Å². The van der Waals surface area contributed by atoms with E-state index in [4.69, 9.17) is 4.74 Å². The molecule has 0 aliphatic carbocycles. The number of aliphatic hydroxyl groups excluding tert-OH is 1. The Labute approximate surface area is 141 Å². The van der Waals surface area contributed by atoms with Gasteiger partial charge in [0.15, 0.2) is 0 Å². The number of aliphatic hydroxyl groups is 2. The van der Waals surface area contributed by atoms with Crippen LogP contribution in [0.15, 0.2) is 30.3 Å². The predicted molar refractivity (Wildman–Crippen MR) is 94.3 cm³/mol. The van der Waals surface area contributed by atoms with Crippen molar-refractivity contribution in [1.29, 1.82) is 0 Å². The third-order valence-corrected chi connectivity index (χ3v) is 4.30. The van der Waals surface area contributed by atoms with Crippen LogP contribution in [0.2, 0.25) is 0 Å². The number of quaternary nitrogens is 1. The lowest BCUT2D eigenvalue weighted by atomic mass is 10.1. The lowest BCUT2D eigenvalue weighted by molar-refractivity contribution is -0.915. The molecule has 0 aliphatic heterocycles. The van der Waals surface area contributed by atoms with Crippen molar-refractivity contribution in [1.82, 2.24) is 0 Å². The maximum atomic E-state index is 9.38. The average Bonchev–Trinajstić information content (AvgIpc) is 2.51. The molecule has 132 valence electrons. The summed E-state index contributed by atoms with van der Waals surface area (Å²) in [7, 11) is 2.08. The van der Waals surface area contributed by atoms with E-state index in [2.05, 4.69) is 14.0 Å². The lowest BCUT2D eigenvalue weighted by Crippen LogP contribution is -2.51. The second-order valence-electron chi connectivity index (χ2n) is 6.66. The topological polar surface area (TPSA) is 49.7 Å². The number of nitrogens with zero attached hydrogens (tertiary/aromatic N) is 1. The summed E-state index contributed by atoms with van der Waals surface area (Å²) in [6, 6.07) is 9.76. The van der Waals surface area contributed by atoms with E-state index in [9.17, 15) is 10.2 Å². The minimum Gasteiger partial charge on any atom is -0.488 e. The van der Waals surface area contributed by atoms with Crippen LogP contribution in [-0.2, 0) is 0 Å². The average molecular weight is 324 g/mol. The van der Waals surface area contributed by atoms with Crippen molar-refractivity contribution in [3.8, 4) is 5.75 Å². The molecule has 0 saturated carbocycles. The van der Waals surface area contributed by atoms with Crippen LogP contribution in [0, 0.1) is 0 Å². The fraction of sp³-hybridized carbons (Fsp3) is 0.684. The number of likely N-dealkylation sites (N-methyl/N-ethyl adjacent to an activating group) is 1. The summed E-state index contributed by atoms with van der Waals surface area (Å²) in [5, 5.41) is 18.8. The van der Waals surface area contributed by atoms with E-state index in [0.717, 1.165) is 25.3 Å². The zero-order valence-electron chi connectivity index (χ0n) is 14.8. The van der Waals surface area contributed by atoms with Crippen molar-refractivity contribution >= 4 is 0 Å². The van der Waals surface area contributed by atoms with Crippen molar-refractivity contribution in [2.24, 2.45) is 0 Å². The van der Waals surface area contributed by atoms with Crippen molar-refractivity contribution in [2.75, 3.05) is 33.3 Å². The minimum atomic E-state index is -1.27. The van der Waals surface area contributed by atoms with Crippen LogP contribution in [0.25, 0.3) is 0 Å². The Morgan fingerprint density at radius 2 is 1.61 bits per heavy atom. The molecule has 0 heterocycles. The van der Waals surface area contributed by atoms with E-state index < -0.39 is 6.29 Å². The van der Waals surface area contributed by atoms with E-state index in [-0.39, 0.29) is 0 Å². The summed E-state index contributed by atoms with van der Waals surface area (Å²) in [6.07, 6.45) is 6.23. The van der Waals surface area contributed by atoms with Gasteiger partial charge in [-0.3, -0.25) is 0 Å². The zero-order chi connectivity index (χ0) is 17.0. The second-order valence-corrected chi connectivity index (χ2v) is 6.66. The van der Waals surface area contributed by atoms with Gasteiger partial charge in [-0.05, 0) is 25.0 Å². The molecule has 0 spiro atoms. The van der Waals surface area contributed by atoms with Gasteiger partial charge in [0.2, 0.25) is 6.29 Å². The summed E-state index contributed by atoms with van der Waals surface area (Å²) in [4.78, 5) is 0. The van der Waals surface area contributed by atoms with Crippen LogP contribution < -0.4 is 4.74 Å². The fourth-order valence-corrected chi connectivity index (χ4v) is 2.86. The SMILES string of the molecule is CCCCCCCC[N+](C)(CCOc1ccccc1)CC(O)O. The van der Waals surface area contributed by atoms with Crippen molar-refractivity contribution in [3.63, 3.8) is 0 Å². The van der Waals surface area contributed by atoms with Crippen LogP contribution >= 0.6 is 0 Å². The van der Waals surface area contributed by atoms with E-state index >= 15 is 0 Å². The largest absolute Gasteiger partial charge is 0.488 e.